The molecule has 0 amide bonds. The molecule has 0 spiro atoms. The molecule has 154 valence electrons. The van der Waals surface area contributed by atoms with Crippen LogP contribution < -0.4 is 5.56 Å². The van der Waals surface area contributed by atoms with Crippen LogP contribution in [0.4, 0.5) is 4.39 Å². The number of para-hydroxylation sites is 1. The number of benzene rings is 2. The molecule has 2 aromatic carbocycles. The Kier molecular flexibility index (Phi) is 5.94. The van der Waals surface area contributed by atoms with Crippen LogP contribution in [0.3, 0.4) is 0 Å². The number of Topliss-reactive ketones (excluding diaryl/α,β-unsaturated/α-hetero) is 1. The standard InChI is InChI=1S/C22H21FN4O2S/c1-2-3-6-13-26-20(29)17-7-4-5-8-18(17)27-21(26)24-25-22(27)30-14-19(28)15-9-11-16(23)12-10-15/h4-5,7-12H,2-3,6,13-14H2,1H3. The van der Waals surface area contributed by atoms with Crippen LogP contribution >= 0.6 is 11.8 Å². The van der Waals surface area contributed by atoms with Gasteiger partial charge in [0.25, 0.3) is 5.56 Å². The van der Waals surface area contributed by atoms with Crippen LogP contribution in [0.5, 0.6) is 0 Å². The third kappa shape index (κ3) is 3.87. The molecule has 0 bridgehead atoms. The van der Waals surface area contributed by atoms with E-state index >= 15 is 0 Å². The van der Waals surface area contributed by atoms with Gasteiger partial charge in [-0.3, -0.25) is 18.6 Å². The number of unbranched alkanes of at least 4 members (excludes halogenated alkanes) is 2. The van der Waals surface area contributed by atoms with Gasteiger partial charge >= 0.3 is 0 Å². The minimum atomic E-state index is -0.379. The smallest absolute Gasteiger partial charge is 0.262 e. The van der Waals surface area contributed by atoms with Crippen molar-refractivity contribution in [3.8, 4) is 0 Å². The van der Waals surface area contributed by atoms with Gasteiger partial charge in [0.1, 0.15) is 5.82 Å². The summed E-state index contributed by atoms with van der Waals surface area (Å²) in [7, 11) is 0. The number of carbonyl (C=O) groups is 1. The topological polar surface area (TPSA) is 69.3 Å². The van der Waals surface area contributed by atoms with Crippen LogP contribution in [0.2, 0.25) is 0 Å². The summed E-state index contributed by atoms with van der Waals surface area (Å²) >= 11 is 1.25. The van der Waals surface area contributed by atoms with E-state index in [1.54, 1.807) is 10.6 Å². The van der Waals surface area contributed by atoms with Crippen LogP contribution in [0.15, 0.2) is 58.5 Å². The van der Waals surface area contributed by atoms with Gasteiger partial charge in [-0.1, -0.05) is 43.7 Å². The van der Waals surface area contributed by atoms with E-state index in [0.717, 1.165) is 19.3 Å². The van der Waals surface area contributed by atoms with Crippen molar-refractivity contribution in [2.75, 3.05) is 5.75 Å². The molecule has 0 unspecified atom stereocenters. The maximum atomic E-state index is 13.1. The average Bonchev–Trinajstić information content (AvgIpc) is 3.19. The van der Waals surface area contributed by atoms with Gasteiger partial charge in [-0.2, -0.15) is 0 Å². The summed E-state index contributed by atoms with van der Waals surface area (Å²) in [5, 5.41) is 9.66. The third-order valence-corrected chi connectivity index (χ3v) is 5.89. The summed E-state index contributed by atoms with van der Waals surface area (Å²) < 4.78 is 16.6. The van der Waals surface area contributed by atoms with E-state index < -0.39 is 0 Å². The fraction of sp³-hybridized carbons (Fsp3) is 0.273. The Bertz CT molecular complexity index is 1260. The van der Waals surface area contributed by atoms with Crippen molar-refractivity contribution in [3.05, 3.63) is 70.3 Å². The van der Waals surface area contributed by atoms with Gasteiger partial charge in [0.2, 0.25) is 5.78 Å². The van der Waals surface area contributed by atoms with Gasteiger partial charge in [-0.05, 0) is 42.8 Å². The van der Waals surface area contributed by atoms with Crippen molar-refractivity contribution in [2.24, 2.45) is 0 Å². The van der Waals surface area contributed by atoms with E-state index in [1.807, 2.05) is 22.6 Å². The van der Waals surface area contributed by atoms with Gasteiger partial charge in [0.05, 0.1) is 16.7 Å². The van der Waals surface area contributed by atoms with Crippen LogP contribution in [0.1, 0.15) is 36.5 Å². The van der Waals surface area contributed by atoms with Crippen molar-refractivity contribution in [2.45, 2.75) is 37.9 Å². The molecule has 0 N–H and O–H groups in total. The number of hydrogen-bond acceptors (Lipinski definition) is 5. The molecule has 0 saturated carbocycles. The zero-order chi connectivity index (χ0) is 21.1. The zero-order valence-electron chi connectivity index (χ0n) is 16.5. The second-order valence-electron chi connectivity index (χ2n) is 7.02. The Morgan fingerprint density at radius 2 is 1.83 bits per heavy atom. The molecule has 0 atom stereocenters. The lowest BCUT2D eigenvalue weighted by Gasteiger charge is -2.11. The van der Waals surface area contributed by atoms with Crippen LogP contribution in [0.25, 0.3) is 16.7 Å². The summed E-state index contributed by atoms with van der Waals surface area (Å²) in [5.74, 6) is 0.106. The normalized spacial score (nSPS) is 11.4. The summed E-state index contributed by atoms with van der Waals surface area (Å²) in [6.07, 6.45) is 2.95. The number of fused-ring (bicyclic) bond motifs is 3. The van der Waals surface area contributed by atoms with Crippen LogP contribution in [-0.2, 0) is 6.54 Å². The van der Waals surface area contributed by atoms with Gasteiger partial charge in [0.15, 0.2) is 10.9 Å². The van der Waals surface area contributed by atoms with Gasteiger partial charge in [-0.25, -0.2) is 4.39 Å². The predicted molar refractivity (Wildman–Crippen MR) is 116 cm³/mol. The van der Waals surface area contributed by atoms with E-state index in [0.29, 0.717) is 33.9 Å². The molecule has 6 nitrogen and oxygen atoms in total. The van der Waals surface area contributed by atoms with Crippen molar-refractivity contribution in [3.63, 3.8) is 0 Å². The quantitative estimate of drug-likeness (QED) is 0.239. The number of nitrogens with zero attached hydrogens (tertiary/aromatic N) is 4. The highest BCUT2D eigenvalue weighted by atomic mass is 32.2. The van der Waals surface area contributed by atoms with Gasteiger partial charge in [0, 0.05) is 12.1 Å². The number of carbonyl (C=O) groups excluding carboxylic acids is 1. The molecule has 0 fully saturated rings. The first kappa shape index (κ1) is 20.3. The third-order valence-electron chi connectivity index (χ3n) is 4.96. The largest absolute Gasteiger partial charge is 0.293 e. The van der Waals surface area contributed by atoms with Crippen molar-refractivity contribution < 1.29 is 9.18 Å². The molecular weight excluding hydrogens is 403 g/mol. The fourth-order valence-corrected chi connectivity index (χ4v) is 4.23. The molecule has 2 heterocycles. The Hall–Kier alpha value is -3.00. The molecule has 0 aliphatic rings. The molecule has 4 rings (SSSR count). The maximum Gasteiger partial charge on any atom is 0.262 e. The first-order valence-electron chi connectivity index (χ1n) is 9.88. The minimum absolute atomic E-state index is 0.0828. The molecule has 0 aliphatic heterocycles. The molecule has 8 heteroatoms. The predicted octanol–water partition coefficient (Wildman–Crippen LogP) is 4.35. The SMILES string of the molecule is CCCCCn1c(=O)c2ccccc2n2c(SCC(=O)c3ccc(F)cc3)nnc12. The van der Waals surface area contributed by atoms with E-state index in [-0.39, 0.29) is 22.9 Å². The Morgan fingerprint density at radius 3 is 2.60 bits per heavy atom. The number of thioether (sulfide) groups is 1. The number of aryl methyl sites for hydroxylation is 1. The average molecular weight is 425 g/mol. The molecule has 30 heavy (non-hydrogen) atoms. The lowest BCUT2D eigenvalue weighted by molar-refractivity contribution is 0.102. The maximum absolute atomic E-state index is 13.1. The summed E-state index contributed by atoms with van der Waals surface area (Å²) in [6.45, 7) is 2.68. The molecule has 4 aromatic rings. The fourth-order valence-electron chi connectivity index (χ4n) is 3.40. The Balaban J connectivity index is 1.71. The van der Waals surface area contributed by atoms with Gasteiger partial charge < -0.3 is 0 Å². The summed E-state index contributed by atoms with van der Waals surface area (Å²) in [5.41, 5.74) is 1.07. The minimum Gasteiger partial charge on any atom is -0.293 e. The lowest BCUT2D eigenvalue weighted by atomic mass is 10.1. The Morgan fingerprint density at radius 1 is 1.07 bits per heavy atom. The second kappa shape index (κ2) is 8.79. The lowest BCUT2D eigenvalue weighted by Crippen LogP contribution is -2.23. The first-order chi connectivity index (χ1) is 14.6. The molecule has 2 aromatic heterocycles. The molecule has 0 saturated heterocycles. The number of ketones is 1. The van der Waals surface area contributed by atoms with E-state index in [9.17, 15) is 14.0 Å². The number of hydrogen-bond donors (Lipinski definition) is 0. The summed E-state index contributed by atoms with van der Waals surface area (Å²) in [6, 6.07) is 12.8. The van der Waals surface area contributed by atoms with Crippen molar-refractivity contribution in [1.82, 2.24) is 19.2 Å². The first-order valence-corrected chi connectivity index (χ1v) is 10.9. The molecule has 0 radical (unpaired) electrons. The number of rotatable bonds is 8. The van der Waals surface area contributed by atoms with E-state index in [1.165, 1.54) is 36.0 Å². The van der Waals surface area contributed by atoms with Crippen molar-refractivity contribution in [1.29, 1.82) is 0 Å². The highest BCUT2D eigenvalue weighted by Gasteiger charge is 2.17. The zero-order valence-corrected chi connectivity index (χ0v) is 17.4. The monoisotopic (exact) mass is 424 g/mol. The summed E-state index contributed by atoms with van der Waals surface area (Å²) in [4.78, 5) is 25.5. The highest BCUT2D eigenvalue weighted by molar-refractivity contribution is 7.99. The highest BCUT2D eigenvalue weighted by Crippen LogP contribution is 2.22. The van der Waals surface area contributed by atoms with Crippen molar-refractivity contribution >= 4 is 34.2 Å². The number of aromatic nitrogens is 4. The molecule has 0 aliphatic carbocycles. The second-order valence-corrected chi connectivity index (χ2v) is 7.96. The molecular formula is C22H21FN4O2S. The van der Waals surface area contributed by atoms with E-state index in [4.69, 9.17) is 0 Å². The Labute approximate surface area is 176 Å². The van der Waals surface area contributed by atoms with Crippen LogP contribution in [-0.4, -0.2) is 30.7 Å². The number of halogens is 1. The van der Waals surface area contributed by atoms with Crippen LogP contribution in [0, 0.1) is 5.82 Å². The van der Waals surface area contributed by atoms with Gasteiger partial charge in [-0.15, -0.1) is 10.2 Å². The van der Waals surface area contributed by atoms with E-state index in [2.05, 4.69) is 17.1 Å².